The van der Waals surface area contributed by atoms with Crippen LogP contribution in [-0.4, -0.2) is 30.5 Å². The fourth-order valence-electron chi connectivity index (χ4n) is 2.86. The van der Waals surface area contributed by atoms with Gasteiger partial charge in [-0.3, -0.25) is 14.5 Å². The van der Waals surface area contributed by atoms with Gasteiger partial charge in [0.05, 0.1) is 22.9 Å². The number of nitrogens with zero attached hydrogens (tertiary/aromatic N) is 3. The average Bonchev–Trinajstić information content (AvgIpc) is 2.95. The van der Waals surface area contributed by atoms with Gasteiger partial charge in [-0.15, -0.1) is 0 Å². The van der Waals surface area contributed by atoms with Gasteiger partial charge in [-0.2, -0.15) is 5.26 Å². The Balaban J connectivity index is 1.93. The number of nitriles is 1. The highest BCUT2D eigenvalue weighted by Crippen LogP contribution is 2.28. The number of carbonyl (C=O) groups is 2. The number of thiocarbonyl (C=S) groups is 1. The molecule has 136 valence electrons. The quantitative estimate of drug-likeness (QED) is 0.826. The lowest BCUT2D eigenvalue weighted by Crippen LogP contribution is -2.33. The van der Waals surface area contributed by atoms with Crippen molar-refractivity contribution in [3.63, 3.8) is 0 Å². The first-order valence-electron chi connectivity index (χ1n) is 8.04. The first kappa shape index (κ1) is 18.5. The molecule has 27 heavy (non-hydrogen) atoms. The van der Waals surface area contributed by atoms with Crippen molar-refractivity contribution in [2.75, 3.05) is 23.4 Å². The van der Waals surface area contributed by atoms with Crippen molar-refractivity contribution in [2.24, 2.45) is 0 Å². The monoisotopic (exact) mass is 382 g/mol. The summed E-state index contributed by atoms with van der Waals surface area (Å²) < 4.78 is 14.3. The molecular formula is C19H15FN4O2S. The molecule has 3 rings (SSSR count). The lowest BCUT2D eigenvalue weighted by Gasteiger charge is -2.21. The molecule has 0 spiro atoms. The van der Waals surface area contributed by atoms with Crippen LogP contribution in [0.2, 0.25) is 0 Å². The molecule has 0 atom stereocenters. The first-order chi connectivity index (χ1) is 12.9. The highest BCUT2D eigenvalue weighted by Gasteiger charge is 2.35. The number of anilines is 2. The number of amides is 2. The molecule has 0 bridgehead atoms. The van der Waals surface area contributed by atoms with Crippen LogP contribution in [0.25, 0.3) is 0 Å². The van der Waals surface area contributed by atoms with Crippen molar-refractivity contribution in [3.05, 3.63) is 58.9 Å². The van der Waals surface area contributed by atoms with Gasteiger partial charge in [-0.05, 0) is 61.1 Å². The summed E-state index contributed by atoms with van der Waals surface area (Å²) in [7, 11) is 1.42. The van der Waals surface area contributed by atoms with E-state index < -0.39 is 11.7 Å². The van der Waals surface area contributed by atoms with Crippen LogP contribution in [0.15, 0.2) is 36.4 Å². The maximum atomic E-state index is 14.3. The second-order valence-corrected chi connectivity index (χ2v) is 6.32. The van der Waals surface area contributed by atoms with Crippen molar-refractivity contribution in [1.29, 1.82) is 5.26 Å². The molecule has 1 heterocycles. The van der Waals surface area contributed by atoms with E-state index in [0.29, 0.717) is 16.9 Å². The molecule has 0 unspecified atom stereocenters. The van der Waals surface area contributed by atoms with Crippen molar-refractivity contribution in [1.82, 2.24) is 5.32 Å². The Morgan fingerprint density at radius 2 is 1.96 bits per heavy atom. The number of benzene rings is 2. The predicted octanol–water partition coefficient (Wildman–Crippen LogP) is 2.50. The van der Waals surface area contributed by atoms with E-state index in [1.165, 1.54) is 29.0 Å². The van der Waals surface area contributed by atoms with Crippen LogP contribution in [0.3, 0.4) is 0 Å². The van der Waals surface area contributed by atoms with E-state index in [0.717, 1.165) is 5.56 Å². The van der Waals surface area contributed by atoms with Crippen LogP contribution in [0.5, 0.6) is 0 Å². The highest BCUT2D eigenvalue weighted by atomic mass is 32.1. The van der Waals surface area contributed by atoms with Gasteiger partial charge in [0.1, 0.15) is 12.4 Å². The Morgan fingerprint density at radius 3 is 2.56 bits per heavy atom. The number of carbonyl (C=O) groups excluding carboxylic acids is 2. The van der Waals surface area contributed by atoms with Crippen LogP contribution in [0, 0.1) is 24.1 Å². The minimum atomic E-state index is -0.699. The number of nitrogens with one attached hydrogen (secondary N) is 1. The molecule has 0 aromatic heterocycles. The average molecular weight is 382 g/mol. The second-order valence-electron chi connectivity index (χ2n) is 5.95. The van der Waals surface area contributed by atoms with E-state index in [2.05, 4.69) is 11.4 Å². The molecule has 1 aliphatic rings. The zero-order valence-electron chi connectivity index (χ0n) is 14.6. The third-order valence-corrected chi connectivity index (χ3v) is 4.69. The van der Waals surface area contributed by atoms with Crippen molar-refractivity contribution in [3.8, 4) is 6.07 Å². The fraction of sp³-hybridized carbons (Fsp3) is 0.158. The Hall–Kier alpha value is -3.31. The predicted molar refractivity (Wildman–Crippen MR) is 103 cm³/mol. The molecule has 1 saturated heterocycles. The zero-order valence-corrected chi connectivity index (χ0v) is 15.4. The number of hydrogen-bond acceptors (Lipinski definition) is 4. The molecule has 1 fully saturated rings. The molecule has 1 aliphatic heterocycles. The highest BCUT2D eigenvalue weighted by molar-refractivity contribution is 7.81. The maximum absolute atomic E-state index is 14.3. The third-order valence-electron chi connectivity index (χ3n) is 4.29. The number of rotatable bonds is 3. The Labute approximate surface area is 160 Å². The summed E-state index contributed by atoms with van der Waals surface area (Å²) in [4.78, 5) is 27.0. The van der Waals surface area contributed by atoms with Crippen LogP contribution in [0.4, 0.5) is 15.8 Å². The number of halogens is 1. The van der Waals surface area contributed by atoms with Gasteiger partial charge >= 0.3 is 0 Å². The van der Waals surface area contributed by atoms with E-state index in [1.807, 2.05) is 0 Å². The van der Waals surface area contributed by atoms with Crippen molar-refractivity contribution < 1.29 is 14.0 Å². The molecule has 2 aromatic carbocycles. The molecule has 0 radical (unpaired) electrons. The first-order valence-corrected chi connectivity index (χ1v) is 8.45. The molecule has 0 aliphatic carbocycles. The summed E-state index contributed by atoms with van der Waals surface area (Å²) in [6.45, 7) is 1.73. The van der Waals surface area contributed by atoms with Crippen molar-refractivity contribution >= 4 is 40.5 Å². The van der Waals surface area contributed by atoms with Crippen LogP contribution < -0.4 is 15.1 Å². The summed E-state index contributed by atoms with van der Waals surface area (Å²) in [5.74, 6) is -1.50. The van der Waals surface area contributed by atoms with E-state index in [9.17, 15) is 14.0 Å². The van der Waals surface area contributed by atoms with E-state index in [4.69, 9.17) is 17.5 Å². The molecule has 8 heteroatoms. The van der Waals surface area contributed by atoms with Gasteiger partial charge in [0, 0.05) is 12.7 Å². The van der Waals surface area contributed by atoms with Gasteiger partial charge in [0.25, 0.3) is 11.8 Å². The zero-order chi connectivity index (χ0) is 19.7. The normalized spacial score (nSPS) is 13.7. The topological polar surface area (TPSA) is 76.4 Å². The summed E-state index contributed by atoms with van der Waals surface area (Å²) in [6, 6.07) is 11.1. The van der Waals surface area contributed by atoms with Crippen molar-refractivity contribution in [2.45, 2.75) is 6.92 Å². The summed E-state index contributed by atoms with van der Waals surface area (Å²) >= 11 is 5.42. The van der Waals surface area contributed by atoms with Gasteiger partial charge in [-0.25, -0.2) is 4.39 Å². The molecular weight excluding hydrogens is 367 g/mol. The minimum absolute atomic E-state index is 0.0450. The lowest BCUT2D eigenvalue weighted by molar-refractivity contribution is -0.115. The number of aryl methyl sites for hydroxylation is 1. The Bertz CT molecular complexity index is 1020. The molecule has 1 N–H and O–H groups in total. The van der Waals surface area contributed by atoms with Crippen LogP contribution in [-0.2, 0) is 4.79 Å². The Kier molecular flexibility index (Phi) is 4.88. The maximum Gasteiger partial charge on any atom is 0.253 e. The smallest absolute Gasteiger partial charge is 0.253 e. The summed E-state index contributed by atoms with van der Waals surface area (Å²) in [5, 5.41) is 11.6. The van der Waals surface area contributed by atoms with Gasteiger partial charge in [0.15, 0.2) is 5.11 Å². The SMILES string of the molecule is CNC(=O)c1ccc(N2CC(=O)N(c3ccc(C#N)c(C)c3)C2=S)cc1F. The van der Waals surface area contributed by atoms with E-state index in [-0.39, 0.29) is 23.1 Å². The lowest BCUT2D eigenvalue weighted by atomic mass is 10.1. The fourth-order valence-corrected chi connectivity index (χ4v) is 3.24. The third kappa shape index (κ3) is 3.25. The molecule has 0 saturated carbocycles. The minimum Gasteiger partial charge on any atom is -0.355 e. The number of hydrogen-bond donors (Lipinski definition) is 1. The summed E-state index contributed by atoms with van der Waals surface area (Å²) in [5.41, 5.74) is 2.08. The van der Waals surface area contributed by atoms with E-state index >= 15 is 0 Å². The Morgan fingerprint density at radius 1 is 1.26 bits per heavy atom. The van der Waals surface area contributed by atoms with Gasteiger partial charge in [-0.1, -0.05) is 0 Å². The van der Waals surface area contributed by atoms with Crippen LogP contribution >= 0.6 is 12.2 Å². The van der Waals surface area contributed by atoms with Crippen LogP contribution in [0.1, 0.15) is 21.5 Å². The largest absolute Gasteiger partial charge is 0.355 e. The molecule has 2 amide bonds. The van der Waals surface area contributed by atoms with Gasteiger partial charge < -0.3 is 10.2 Å². The van der Waals surface area contributed by atoms with Gasteiger partial charge in [0.2, 0.25) is 0 Å². The second kappa shape index (κ2) is 7.13. The molecule has 2 aromatic rings. The summed E-state index contributed by atoms with van der Waals surface area (Å²) in [6.07, 6.45) is 0. The standard InChI is InChI=1S/C19H15FN4O2S/c1-11-7-14(4-3-12(11)9-21)24-17(25)10-23(19(24)27)13-5-6-15(16(20)8-13)18(26)22-2/h3-8H,10H2,1-2H3,(H,22,26). The van der Waals surface area contributed by atoms with E-state index in [1.54, 1.807) is 31.2 Å². The molecule has 6 nitrogen and oxygen atoms in total.